The SMILES string of the molecule is Cc1ccc(C(C)(C)C)cc1S(=O)(=O)Nc1cccc(C(=O)NCC2CCN(C(C)C)C2)c1. The largest absolute Gasteiger partial charge is 0.352 e. The molecule has 2 N–H and O–H groups in total. The number of carbonyl (C=O) groups excluding carboxylic acids is 1. The van der Waals surface area contributed by atoms with E-state index in [1.165, 1.54) is 0 Å². The van der Waals surface area contributed by atoms with E-state index in [0.29, 0.717) is 35.3 Å². The van der Waals surface area contributed by atoms with Crippen LogP contribution >= 0.6 is 0 Å². The van der Waals surface area contributed by atoms with Crippen LogP contribution in [0.15, 0.2) is 47.4 Å². The lowest BCUT2D eigenvalue weighted by atomic mass is 9.87. The van der Waals surface area contributed by atoms with Gasteiger partial charge in [-0.1, -0.05) is 39.0 Å². The molecule has 0 bridgehead atoms. The Morgan fingerprint density at radius 1 is 1.15 bits per heavy atom. The molecule has 6 nitrogen and oxygen atoms in total. The highest BCUT2D eigenvalue weighted by Crippen LogP contribution is 2.28. The Morgan fingerprint density at radius 3 is 2.52 bits per heavy atom. The van der Waals surface area contributed by atoms with Crippen molar-refractivity contribution in [2.75, 3.05) is 24.4 Å². The molecule has 1 aliphatic heterocycles. The smallest absolute Gasteiger partial charge is 0.262 e. The fraction of sp³-hybridized carbons (Fsp3) is 0.500. The van der Waals surface area contributed by atoms with Gasteiger partial charge in [0.05, 0.1) is 4.90 Å². The summed E-state index contributed by atoms with van der Waals surface area (Å²) in [5.41, 5.74) is 2.27. The van der Waals surface area contributed by atoms with Crippen molar-refractivity contribution in [1.82, 2.24) is 10.2 Å². The first-order valence-corrected chi connectivity index (χ1v) is 13.1. The Hall–Kier alpha value is -2.38. The normalized spacial score (nSPS) is 17.4. The molecule has 0 aliphatic carbocycles. The summed E-state index contributed by atoms with van der Waals surface area (Å²) < 4.78 is 29.0. The van der Waals surface area contributed by atoms with Crippen LogP contribution in [0.4, 0.5) is 5.69 Å². The monoisotopic (exact) mass is 471 g/mol. The zero-order chi connectivity index (χ0) is 24.4. The standard InChI is InChI=1S/C26H37N3O3S/c1-18(2)29-13-12-20(17-29)16-27-25(30)21-8-7-9-23(14-21)28-33(31,32)24-15-22(26(4,5)6)11-10-19(24)3/h7-11,14-15,18,20,28H,12-13,16-17H2,1-6H3,(H,27,30). The molecule has 33 heavy (non-hydrogen) atoms. The minimum Gasteiger partial charge on any atom is -0.352 e. The van der Waals surface area contributed by atoms with Crippen LogP contribution in [0.5, 0.6) is 0 Å². The Labute approximate surface area is 198 Å². The fourth-order valence-corrected chi connectivity index (χ4v) is 5.45. The average Bonchev–Trinajstić information content (AvgIpc) is 3.20. The van der Waals surface area contributed by atoms with Gasteiger partial charge in [0.1, 0.15) is 0 Å². The number of hydrogen-bond donors (Lipinski definition) is 2. The van der Waals surface area contributed by atoms with E-state index in [2.05, 4.69) is 49.6 Å². The number of aryl methyl sites for hydroxylation is 1. The third kappa shape index (κ3) is 6.36. The predicted octanol–water partition coefficient (Wildman–Crippen LogP) is 4.55. The number of nitrogens with zero attached hydrogens (tertiary/aromatic N) is 1. The summed E-state index contributed by atoms with van der Waals surface area (Å²) in [5.74, 6) is 0.251. The molecule has 1 atom stereocenters. The van der Waals surface area contributed by atoms with E-state index in [9.17, 15) is 13.2 Å². The minimum absolute atomic E-state index is 0.165. The number of likely N-dealkylation sites (tertiary alicyclic amines) is 1. The quantitative estimate of drug-likeness (QED) is 0.621. The number of amides is 1. The van der Waals surface area contributed by atoms with Crippen molar-refractivity contribution >= 4 is 21.6 Å². The third-order valence-electron chi connectivity index (χ3n) is 6.32. The first-order valence-electron chi connectivity index (χ1n) is 11.6. The van der Waals surface area contributed by atoms with Crippen LogP contribution in [0.25, 0.3) is 0 Å². The topological polar surface area (TPSA) is 78.5 Å². The summed E-state index contributed by atoms with van der Waals surface area (Å²) in [5, 5.41) is 3.01. The molecule has 180 valence electrons. The molecular weight excluding hydrogens is 434 g/mol. The van der Waals surface area contributed by atoms with Crippen LogP contribution in [-0.4, -0.2) is 44.9 Å². The predicted molar refractivity (Wildman–Crippen MR) is 134 cm³/mol. The van der Waals surface area contributed by atoms with E-state index in [1.54, 1.807) is 37.3 Å². The number of hydrogen-bond acceptors (Lipinski definition) is 4. The Balaban J connectivity index is 1.70. The van der Waals surface area contributed by atoms with Crippen molar-refractivity contribution < 1.29 is 13.2 Å². The summed E-state index contributed by atoms with van der Waals surface area (Å²) in [6.45, 7) is 15.0. The molecule has 7 heteroatoms. The van der Waals surface area contributed by atoms with Gasteiger partial charge in [-0.3, -0.25) is 9.52 Å². The molecule has 1 aliphatic rings. The molecule has 0 spiro atoms. The second-order valence-corrected chi connectivity index (χ2v) is 12.0. The molecule has 1 unspecified atom stereocenters. The summed E-state index contributed by atoms with van der Waals surface area (Å²) in [6.07, 6.45) is 1.07. The lowest BCUT2D eigenvalue weighted by molar-refractivity contribution is 0.0947. The lowest BCUT2D eigenvalue weighted by Gasteiger charge is -2.21. The van der Waals surface area contributed by atoms with Crippen LogP contribution in [0.1, 0.15) is 62.5 Å². The van der Waals surface area contributed by atoms with Crippen molar-refractivity contribution in [3.63, 3.8) is 0 Å². The summed E-state index contributed by atoms with van der Waals surface area (Å²) in [7, 11) is -3.80. The molecule has 2 aromatic carbocycles. The molecule has 2 aromatic rings. The van der Waals surface area contributed by atoms with Gasteiger partial charge >= 0.3 is 0 Å². The van der Waals surface area contributed by atoms with Crippen LogP contribution in [-0.2, 0) is 15.4 Å². The number of rotatable bonds is 7. The Morgan fingerprint density at radius 2 is 1.88 bits per heavy atom. The second kappa shape index (κ2) is 9.85. The summed E-state index contributed by atoms with van der Waals surface area (Å²) in [6, 6.07) is 12.7. The molecule has 3 rings (SSSR count). The van der Waals surface area contributed by atoms with Crippen LogP contribution in [0, 0.1) is 12.8 Å². The number of nitrogens with one attached hydrogen (secondary N) is 2. The van der Waals surface area contributed by atoms with Gasteiger partial charge in [0, 0.05) is 30.4 Å². The van der Waals surface area contributed by atoms with Gasteiger partial charge < -0.3 is 10.2 Å². The highest BCUT2D eigenvalue weighted by atomic mass is 32.2. The zero-order valence-electron chi connectivity index (χ0n) is 20.6. The maximum atomic E-state index is 13.2. The van der Waals surface area contributed by atoms with E-state index in [4.69, 9.17) is 0 Å². The van der Waals surface area contributed by atoms with Gasteiger partial charge in [0.2, 0.25) is 0 Å². The molecule has 1 saturated heterocycles. The van der Waals surface area contributed by atoms with E-state index < -0.39 is 10.0 Å². The number of carbonyl (C=O) groups is 1. The Bertz CT molecular complexity index is 1100. The van der Waals surface area contributed by atoms with Crippen LogP contribution in [0.3, 0.4) is 0 Å². The highest BCUT2D eigenvalue weighted by Gasteiger charge is 2.25. The van der Waals surface area contributed by atoms with E-state index >= 15 is 0 Å². The fourth-order valence-electron chi connectivity index (χ4n) is 4.13. The van der Waals surface area contributed by atoms with E-state index in [0.717, 1.165) is 25.1 Å². The number of sulfonamides is 1. The summed E-state index contributed by atoms with van der Waals surface area (Å²) >= 11 is 0. The first-order chi connectivity index (χ1) is 15.4. The maximum Gasteiger partial charge on any atom is 0.262 e. The summed E-state index contributed by atoms with van der Waals surface area (Å²) in [4.78, 5) is 15.4. The zero-order valence-corrected chi connectivity index (χ0v) is 21.4. The number of benzene rings is 2. The molecule has 1 heterocycles. The van der Waals surface area contributed by atoms with Crippen molar-refractivity contribution in [1.29, 1.82) is 0 Å². The van der Waals surface area contributed by atoms with Gasteiger partial charge in [-0.2, -0.15) is 0 Å². The van der Waals surface area contributed by atoms with Crippen LogP contribution < -0.4 is 10.0 Å². The van der Waals surface area contributed by atoms with Gasteiger partial charge in [0.25, 0.3) is 15.9 Å². The highest BCUT2D eigenvalue weighted by molar-refractivity contribution is 7.92. The third-order valence-corrected chi connectivity index (χ3v) is 7.84. The Kier molecular flexibility index (Phi) is 7.54. The minimum atomic E-state index is -3.80. The molecule has 1 fully saturated rings. The van der Waals surface area contributed by atoms with E-state index in [1.807, 2.05) is 12.1 Å². The second-order valence-electron chi connectivity index (χ2n) is 10.4. The molecule has 0 saturated carbocycles. The van der Waals surface area contributed by atoms with Gasteiger partial charge in [-0.05, 0) is 80.5 Å². The first kappa shape index (κ1) is 25.2. The molecule has 0 aromatic heterocycles. The van der Waals surface area contributed by atoms with Crippen molar-refractivity contribution in [2.45, 2.75) is 64.3 Å². The van der Waals surface area contributed by atoms with Gasteiger partial charge in [-0.15, -0.1) is 0 Å². The number of anilines is 1. The van der Waals surface area contributed by atoms with Crippen LogP contribution in [0.2, 0.25) is 0 Å². The molecule has 0 radical (unpaired) electrons. The van der Waals surface area contributed by atoms with Crippen molar-refractivity contribution in [3.8, 4) is 0 Å². The molecule has 1 amide bonds. The van der Waals surface area contributed by atoms with Crippen molar-refractivity contribution in [2.24, 2.45) is 5.92 Å². The van der Waals surface area contributed by atoms with Crippen molar-refractivity contribution in [3.05, 3.63) is 59.2 Å². The van der Waals surface area contributed by atoms with Gasteiger partial charge in [0.15, 0.2) is 0 Å². The lowest BCUT2D eigenvalue weighted by Crippen LogP contribution is -2.33. The van der Waals surface area contributed by atoms with Gasteiger partial charge in [-0.25, -0.2) is 8.42 Å². The average molecular weight is 472 g/mol. The van der Waals surface area contributed by atoms with E-state index in [-0.39, 0.29) is 16.2 Å². The molecular formula is C26H37N3O3S. The maximum absolute atomic E-state index is 13.2.